The maximum atomic E-state index is 11.7. The summed E-state index contributed by atoms with van der Waals surface area (Å²) in [6, 6.07) is 0. The monoisotopic (exact) mass is 1770 g/mol. The second-order valence-electron chi connectivity index (χ2n) is 37.1. The molecule has 1 spiro atoms. The van der Waals surface area contributed by atoms with Crippen LogP contribution in [0.1, 0.15) is 0 Å². The third kappa shape index (κ3) is 41.2. The molecule has 40 heteroatoms. The number of piperazine rings is 8. The van der Waals surface area contributed by atoms with E-state index in [2.05, 4.69) is 80.1 Å². The summed E-state index contributed by atoms with van der Waals surface area (Å²) in [7, 11) is 0. The minimum atomic E-state index is -1.06. The zero-order valence-corrected chi connectivity index (χ0v) is 74.1. The lowest BCUT2D eigenvalue weighted by Gasteiger charge is -2.38. The van der Waals surface area contributed by atoms with Gasteiger partial charge in [0, 0.05) is 288 Å². The van der Waals surface area contributed by atoms with Crippen LogP contribution >= 0.6 is 0 Å². The molecule has 0 saturated carbocycles. The first kappa shape index (κ1) is 103. The van der Waals surface area contributed by atoms with Gasteiger partial charge in [0.15, 0.2) is 0 Å². The van der Waals surface area contributed by atoms with E-state index in [1.54, 1.807) is 0 Å². The summed E-state index contributed by atoms with van der Waals surface area (Å²) >= 11 is 0. The van der Waals surface area contributed by atoms with Crippen LogP contribution in [0.5, 0.6) is 0 Å². The number of hydrogen-bond acceptors (Lipinski definition) is 40. The van der Waals surface area contributed by atoms with Crippen LogP contribution in [0.2, 0.25) is 0 Å². The number of hydrogen-bond donors (Lipinski definition) is 16. The lowest BCUT2D eigenvalue weighted by Crippen LogP contribution is -2.52. The molecular weight excluding hydrogens is 1610 g/mol. The third-order valence-corrected chi connectivity index (χ3v) is 24.9. The minimum absolute atomic E-state index is 0.00656. The van der Waals surface area contributed by atoms with Gasteiger partial charge in [0.2, 0.25) is 0 Å². The van der Waals surface area contributed by atoms with Crippen LogP contribution < -0.4 is 21.3 Å². The summed E-state index contributed by atoms with van der Waals surface area (Å²) in [4.78, 5) is 26.2. The number of ether oxygens (including phenoxy) is 12. The van der Waals surface area contributed by atoms with E-state index in [1.807, 2.05) is 0 Å². The van der Waals surface area contributed by atoms with Crippen molar-refractivity contribution in [2.45, 2.75) is 73.2 Å². The van der Waals surface area contributed by atoms with Crippen LogP contribution in [0.3, 0.4) is 0 Å². The largest absolute Gasteiger partial charge is 0.389 e. The predicted octanol–water partition coefficient (Wildman–Crippen LogP) is -11.4. The van der Waals surface area contributed by atoms with Crippen LogP contribution in [0, 0.1) is 16.2 Å². The summed E-state index contributed by atoms with van der Waals surface area (Å²) in [6.45, 7) is 28.2. The Hall–Kier alpha value is -1.60. The molecule has 16 aliphatic rings. The quantitative estimate of drug-likeness (QED) is 0.0427. The molecule has 16 rings (SSSR count). The molecule has 12 unspecified atom stereocenters. The lowest BCUT2D eigenvalue weighted by molar-refractivity contribution is -0.136. The van der Waals surface area contributed by atoms with Gasteiger partial charge < -0.3 is 139 Å². The Bertz CT molecular complexity index is 2330. The van der Waals surface area contributed by atoms with Crippen molar-refractivity contribution in [1.82, 2.24) is 80.1 Å². The number of β-amino-alcohol motifs (C(OH)–C–C–N with tert-alkyl or cyclic N) is 4. The fraction of sp³-hybridized carbons (Fsp3) is 1.00. The van der Waals surface area contributed by atoms with E-state index in [1.165, 1.54) is 0 Å². The van der Waals surface area contributed by atoms with Crippen LogP contribution in [-0.2, 0) is 56.8 Å². The van der Waals surface area contributed by atoms with Gasteiger partial charge in [0.1, 0.15) is 0 Å². The molecule has 16 fully saturated rings. The van der Waals surface area contributed by atoms with E-state index in [0.717, 1.165) is 105 Å². The van der Waals surface area contributed by atoms with Gasteiger partial charge in [0.25, 0.3) is 0 Å². The molecule has 40 nitrogen and oxygen atoms in total. The maximum Gasteiger partial charge on any atom is 0.0900 e. The van der Waals surface area contributed by atoms with Crippen molar-refractivity contribution in [1.29, 1.82) is 0 Å². The summed E-state index contributed by atoms with van der Waals surface area (Å²) in [5.41, 5.74) is -2.99. The Morgan fingerprint density at radius 3 is 0.553 bits per heavy atom. The molecule has 123 heavy (non-hydrogen) atoms. The topological polar surface area (TPSA) is 441 Å². The molecule has 16 aliphatic heterocycles. The highest BCUT2D eigenvalue weighted by Gasteiger charge is 2.40. The van der Waals surface area contributed by atoms with Crippen molar-refractivity contribution in [3.05, 3.63) is 0 Å². The van der Waals surface area contributed by atoms with Gasteiger partial charge in [-0.3, -0.25) is 58.8 Å². The standard InChI is InChI=1S/C83H164N16O24/c100-69(33-88-9-1-84-2-10-88)45-112-57-81(58-113-46-70(101)34-89-11-3-85-4-12-89)61-116-49-73(104)37-92-17-25-96(26-18-92)41-77(108)53-120-65-83(66-121-54-78(109)42-97-27-19-93(20-28-97)38-74(105)50-117-62-81)67-122-55-79(110)43-98-29-21-94(22-30-98)39-75(106)51-118-63-82(59-114-47-71(102)35-90-13-5-86-6-14-90,60-115-48-72(103)36-91-15-7-87-8-16-91)64-119-52-76(107)40-95-23-31-99(32-24-95)44-80(111)56-123-68-83/h69-80,84-87,100-111H,1-68H2. The molecular formula is C83H164N16O24. The highest BCUT2D eigenvalue weighted by molar-refractivity contribution is 4.89. The van der Waals surface area contributed by atoms with Crippen LogP contribution in [0.15, 0.2) is 0 Å². The zero-order valence-electron chi connectivity index (χ0n) is 74.1. The van der Waals surface area contributed by atoms with Crippen molar-refractivity contribution < 1.29 is 118 Å². The Morgan fingerprint density at radius 1 is 0.236 bits per heavy atom. The number of aliphatic hydroxyl groups excluding tert-OH is 12. The van der Waals surface area contributed by atoms with Crippen molar-refractivity contribution in [2.75, 3.05) is 447 Å². The van der Waals surface area contributed by atoms with Gasteiger partial charge >= 0.3 is 0 Å². The van der Waals surface area contributed by atoms with E-state index < -0.39 is 89.5 Å². The Kier molecular flexibility index (Phi) is 48.6. The van der Waals surface area contributed by atoms with Gasteiger partial charge in [-0.1, -0.05) is 0 Å². The summed E-state index contributed by atoms with van der Waals surface area (Å²) in [5, 5.41) is 151. The zero-order chi connectivity index (χ0) is 86.8. The SMILES string of the molecule is OC(COCC1(COCC(O)CN2CCNCC2)COCC(O)CN2CCN(CC2)CC(O)COCC2(COCC(O)CN3CCN(CC3)CC(O)COC1)COCC(O)CN1CCN(CC1)CC(O)COCC(COCC(O)CN1CCNCC1)(COCC(O)CN1CCNCC1)COCC(O)CN1CCN(CC1)CC(O)COC2)CN1CCNCC1. The molecule has 0 aromatic rings. The summed E-state index contributed by atoms with van der Waals surface area (Å²) in [5.74, 6) is 0. The minimum Gasteiger partial charge on any atom is -0.389 e. The first-order chi connectivity index (χ1) is 59.7. The fourth-order valence-electron chi connectivity index (χ4n) is 18.1. The fourth-order valence-corrected chi connectivity index (χ4v) is 18.1. The molecule has 12 atom stereocenters. The van der Waals surface area contributed by atoms with Gasteiger partial charge in [0.05, 0.1) is 248 Å². The second-order valence-corrected chi connectivity index (χ2v) is 37.1. The lowest BCUT2D eigenvalue weighted by atomic mass is 9.92. The first-order valence-electron chi connectivity index (χ1n) is 46.3. The molecule has 16 saturated heterocycles. The Labute approximate surface area is 731 Å². The van der Waals surface area contributed by atoms with E-state index >= 15 is 0 Å². The highest BCUT2D eigenvalue weighted by Crippen LogP contribution is 2.27. The average Bonchev–Trinajstić information content (AvgIpc) is 0.852. The molecule has 8 bridgehead atoms. The predicted molar refractivity (Wildman–Crippen MR) is 458 cm³/mol. The second kappa shape index (κ2) is 57.8. The van der Waals surface area contributed by atoms with Crippen molar-refractivity contribution in [3.63, 3.8) is 0 Å². The molecule has 720 valence electrons. The molecule has 16 heterocycles. The number of rotatable bonds is 24. The highest BCUT2D eigenvalue weighted by atomic mass is 16.6. The Balaban J connectivity index is 0.762. The molecule has 0 amide bonds. The average molecular weight is 1770 g/mol. The van der Waals surface area contributed by atoms with E-state index in [-0.39, 0.29) is 159 Å². The van der Waals surface area contributed by atoms with Crippen molar-refractivity contribution in [2.24, 2.45) is 16.2 Å². The van der Waals surface area contributed by atoms with Gasteiger partial charge in [-0.25, -0.2) is 0 Å². The van der Waals surface area contributed by atoms with Crippen molar-refractivity contribution >= 4 is 0 Å². The van der Waals surface area contributed by atoms with Crippen LogP contribution in [0.4, 0.5) is 0 Å². The number of aliphatic hydroxyl groups is 12. The van der Waals surface area contributed by atoms with Gasteiger partial charge in [-0.05, 0) is 0 Å². The van der Waals surface area contributed by atoms with Crippen molar-refractivity contribution in [3.8, 4) is 0 Å². The molecule has 0 radical (unpaired) electrons. The van der Waals surface area contributed by atoms with E-state index in [0.29, 0.717) is 183 Å². The van der Waals surface area contributed by atoms with Crippen LogP contribution in [-0.4, -0.2) is 640 Å². The third-order valence-electron chi connectivity index (χ3n) is 24.9. The Morgan fingerprint density at radius 2 is 0.390 bits per heavy atom. The van der Waals surface area contributed by atoms with Crippen LogP contribution in [0.25, 0.3) is 0 Å². The molecule has 0 aromatic heterocycles. The maximum absolute atomic E-state index is 11.7. The number of nitrogens with one attached hydrogen (secondary N) is 4. The smallest absolute Gasteiger partial charge is 0.0900 e. The summed E-state index contributed by atoms with van der Waals surface area (Å²) in [6.07, 6.45) is -10.1. The number of nitrogens with zero attached hydrogens (tertiary/aromatic N) is 12. The molecule has 0 aliphatic carbocycles. The molecule has 16 N–H and O–H groups in total. The van der Waals surface area contributed by atoms with Gasteiger partial charge in [-0.15, -0.1) is 0 Å². The van der Waals surface area contributed by atoms with Gasteiger partial charge in [-0.2, -0.15) is 0 Å². The normalized spacial score (nSPS) is 37.4. The first-order valence-corrected chi connectivity index (χ1v) is 46.3. The molecule has 0 aromatic carbocycles. The van der Waals surface area contributed by atoms with E-state index in [4.69, 9.17) is 56.8 Å². The van der Waals surface area contributed by atoms with E-state index in [9.17, 15) is 61.3 Å². The summed E-state index contributed by atoms with van der Waals surface area (Å²) < 4.78 is 77.0.